The van der Waals surface area contributed by atoms with Crippen LogP contribution in [0.25, 0.3) is 0 Å². The van der Waals surface area contributed by atoms with Crippen molar-refractivity contribution in [2.45, 2.75) is 6.18 Å². The molecule has 0 saturated heterocycles. The van der Waals surface area contributed by atoms with Crippen LogP contribution in [0.1, 0.15) is 20.7 Å². The Morgan fingerprint density at radius 3 is 2.11 bits per heavy atom. The third-order valence-corrected chi connectivity index (χ3v) is 3.28. The van der Waals surface area contributed by atoms with Gasteiger partial charge in [0.2, 0.25) is 0 Å². The summed E-state index contributed by atoms with van der Waals surface area (Å²) in [4.78, 5) is 35.0. The molecule has 0 aliphatic rings. The maximum Gasteiger partial charge on any atom is 0.405 e. The van der Waals surface area contributed by atoms with Crippen LogP contribution in [0.4, 0.5) is 29.3 Å². The lowest BCUT2D eigenvalue weighted by atomic mass is 10.1. The fourth-order valence-electron chi connectivity index (χ4n) is 2.11. The van der Waals surface area contributed by atoms with Gasteiger partial charge in [-0.25, -0.2) is 4.79 Å². The molecule has 5 N–H and O–H groups in total. The zero-order valence-electron chi connectivity index (χ0n) is 13.8. The fraction of sp³-hybridized carbons (Fsp3) is 0.118. The Labute approximate surface area is 151 Å². The number of hydrogen-bond acceptors (Lipinski definition) is 3. The van der Waals surface area contributed by atoms with Crippen molar-refractivity contribution in [1.82, 2.24) is 5.32 Å². The van der Waals surface area contributed by atoms with Crippen LogP contribution >= 0.6 is 0 Å². The van der Waals surface area contributed by atoms with Crippen molar-refractivity contribution >= 4 is 29.2 Å². The van der Waals surface area contributed by atoms with E-state index in [1.165, 1.54) is 48.5 Å². The number of anilines is 2. The van der Waals surface area contributed by atoms with Gasteiger partial charge in [-0.1, -0.05) is 12.1 Å². The zero-order chi connectivity index (χ0) is 20.0. The van der Waals surface area contributed by atoms with Crippen molar-refractivity contribution < 1.29 is 27.6 Å². The Kier molecular flexibility index (Phi) is 6.01. The van der Waals surface area contributed by atoms with E-state index in [1.54, 1.807) is 5.32 Å². The predicted molar refractivity (Wildman–Crippen MR) is 92.4 cm³/mol. The van der Waals surface area contributed by atoms with Crippen molar-refractivity contribution in [3.05, 3.63) is 59.7 Å². The summed E-state index contributed by atoms with van der Waals surface area (Å²) in [6.45, 7) is -1.48. The Morgan fingerprint density at radius 2 is 1.52 bits per heavy atom. The summed E-state index contributed by atoms with van der Waals surface area (Å²) < 4.78 is 36.8. The van der Waals surface area contributed by atoms with Crippen LogP contribution in [0.5, 0.6) is 0 Å². The summed E-state index contributed by atoms with van der Waals surface area (Å²) in [6, 6.07) is 10.6. The molecule has 10 heteroatoms. The molecular weight excluding hydrogens is 365 g/mol. The lowest BCUT2D eigenvalue weighted by molar-refractivity contribution is -0.123. The molecule has 2 rings (SSSR count). The lowest BCUT2D eigenvalue weighted by Crippen LogP contribution is -2.34. The third kappa shape index (κ3) is 6.03. The number of benzene rings is 2. The van der Waals surface area contributed by atoms with E-state index in [-0.39, 0.29) is 16.8 Å². The van der Waals surface area contributed by atoms with Crippen molar-refractivity contribution in [2.75, 3.05) is 17.2 Å². The average molecular weight is 380 g/mol. The maximum atomic E-state index is 12.3. The molecule has 142 valence electrons. The highest BCUT2D eigenvalue weighted by molar-refractivity contribution is 6.09. The Hall–Kier alpha value is -3.56. The van der Waals surface area contributed by atoms with Crippen LogP contribution in [0.15, 0.2) is 48.5 Å². The molecule has 4 amide bonds. The molecule has 2 aromatic carbocycles. The molecule has 2 aromatic rings. The molecule has 0 heterocycles. The molecule has 7 nitrogen and oxygen atoms in total. The van der Waals surface area contributed by atoms with Gasteiger partial charge < -0.3 is 21.7 Å². The zero-order valence-corrected chi connectivity index (χ0v) is 13.8. The van der Waals surface area contributed by atoms with Crippen LogP contribution in [-0.2, 0) is 0 Å². The molecule has 0 spiro atoms. The van der Waals surface area contributed by atoms with Gasteiger partial charge in [0.15, 0.2) is 0 Å². The second kappa shape index (κ2) is 8.21. The first-order valence-electron chi connectivity index (χ1n) is 7.57. The molecular formula is C17H15F3N4O3. The molecule has 0 aliphatic carbocycles. The summed E-state index contributed by atoms with van der Waals surface area (Å²) in [5, 5.41) is 6.56. The van der Waals surface area contributed by atoms with E-state index in [1.807, 2.05) is 0 Å². The van der Waals surface area contributed by atoms with E-state index < -0.39 is 30.6 Å². The number of para-hydroxylation sites is 1. The fourth-order valence-corrected chi connectivity index (χ4v) is 2.11. The van der Waals surface area contributed by atoms with Gasteiger partial charge in [0, 0.05) is 11.3 Å². The smallest absolute Gasteiger partial charge is 0.351 e. The Bertz CT molecular complexity index is 851. The molecule has 0 radical (unpaired) electrons. The Morgan fingerprint density at radius 1 is 0.889 bits per heavy atom. The van der Waals surface area contributed by atoms with Crippen LogP contribution in [0.3, 0.4) is 0 Å². The number of hydrogen-bond donors (Lipinski definition) is 4. The van der Waals surface area contributed by atoms with Crippen molar-refractivity contribution in [2.24, 2.45) is 5.73 Å². The number of primary amides is 1. The number of carbonyl (C=O) groups excluding carboxylic acids is 3. The number of amides is 4. The highest BCUT2D eigenvalue weighted by Gasteiger charge is 2.28. The molecule has 0 saturated carbocycles. The van der Waals surface area contributed by atoms with Crippen LogP contribution in [0, 0.1) is 0 Å². The van der Waals surface area contributed by atoms with Gasteiger partial charge in [0.05, 0.1) is 11.3 Å². The van der Waals surface area contributed by atoms with Gasteiger partial charge in [-0.2, -0.15) is 13.2 Å². The minimum absolute atomic E-state index is 0.0570. The minimum Gasteiger partial charge on any atom is -0.351 e. The van der Waals surface area contributed by atoms with E-state index in [2.05, 4.69) is 10.6 Å². The summed E-state index contributed by atoms with van der Waals surface area (Å²) in [7, 11) is 0. The highest BCUT2D eigenvalue weighted by Crippen LogP contribution is 2.18. The largest absolute Gasteiger partial charge is 0.405 e. The van der Waals surface area contributed by atoms with Gasteiger partial charge in [0.1, 0.15) is 6.54 Å². The van der Waals surface area contributed by atoms with Crippen molar-refractivity contribution in [3.8, 4) is 0 Å². The number of urea groups is 1. The summed E-state index contributed by atoms with van der Waals surface area (Å²) >= 11 is 0. The van der Waals surface area contributed by atoms with E-state index in [9.17, 15) is 27.6 Å². The first-order chi connectivity index (χ1) is 12.7. The topological polar surface area (TPSA) is 113 Å². The number of alkyl halides is 3. The molecule has 27 heavy (non-hydrogen) atoms. The molecule has 0 atom stereocenters. The first kappa shape index (κ1) is 19.8. The molecule has 0 bridgehead atoms. The van der Waals surface area contributed by atoms with Crippen LogP contribution in [0.2, 0.25) is 0 Å². The molecule has 0 unspecified atom stereocenters. The molecule has 0 aromatic heterocycles. The summed E-state index contributed by atoms with van der Waals surface area (Å²) in [5.74, 6) is -1.55. The average Bonchev–Trinajstić information content (AvgIpc) is 2.59. The quantitative estimate of drug-likeness (QED) is 0.640. The minimum atomic E-state index is -4.55. The first-order valence-corrected chi connectivity index (χ1v) is 7.57. The van der Waals surface area contributed by atoms with Gasteiger partial charge in [-0.3, -0.25) is 9.59 Å². The van der Waals surface area contributed by atoms with Gasteiger partial charge in [-0.05, 0) is 36.4 Å². The number of nitrogens with one attached hydrogen (secondary N) is 3. The second-order valence-electron chi connectivity index (χ2n) is 5.36. The van der Waals surface area contributed by atoms with E-state index in [0.717, 1.165) is 0 Å². The lowest BCUT2D eigenvalue weighted by Gasteiger charge is -2.13. The maximum absolute atomic E-state index is 12.3. The number of halogens is 3. The summed E-state index contributed by atoms with van der Waals surface area (Å²) in [6.07, 6.45) is -4.55. The van der Waals surface area contributed by atoms with E-state index >= 15 is 0 Å². The normalized spacial score (nSPS) is 10.8. The number of rotatable bonds is 5. The standard InChI is InChI=1S/C17H15F3N4O3/c18-17(19,20)9-22-15(26)12-3-1-2-4-13(12)24-14(25)10-5-7-11(8-6-10)23-16(21)27/h1-8H,9H2,(H,22,26)(H,24,25)(H3,21,23,27). The molecule has 0 aliphatic heterocycles. The van der Waals surface area contributed by atoms with Crippen LogP contribution < -0.4 is 21.7 Å². The van der Waals surface area contributed by atoms with E-state index in [4.69, 9.17) is 5.73 Å². The second-order valence-corrected chi connectivity index (χ2v) is 5.36. The van der Waals surface area contributed by atoms with Gasteiger partial charge in [-0.15, -0.1) is 0 Å². The third-order valence-electron chi connectivity index (χ3n) is 3.28. The van der Waals surface area contributed by atoms with Gasteiger partial charge in [0.25, 0.3) is 11.8 Å². The van der Waals surface area contributed by atoms with Gasteiger partial charge >= 0.3 is 12.2 Å². The van der Waals surface area contributed by atoms with Crippen molar-refractivity contribution in [3.63, 3.8) is 0 Å². The van der Waals surface area contributed by atoms with Crippen molar-refractivity contribution in [1.29, 1.82) is 0 Å². The summed E-state index contributed by atoms with van der Waals surface area (Å²) in [5.41, 5.74) is 5.52. The number of nitrogens with two attached hydrogens (primary N) is 1. The highest BCUT2D eigenvalue weighted by atomic mass is 19.4. The molecule has 0 fully saturated rings. The SMILES string of the molecule is NC(=O)Nc1ccc(C(=O)Nc2ccccc2C(=O)NCC(F)(F)F)cc1. The number of carbonyl (C=O) groups is 3. The monoisotopic (exact) mass is 380 g/mol. The van der Waals surface area contributed by atoms with E-state index in [0.29, 0.717) is 5.69 Å². The Balaban J connectivity index is 2.11. The van der Waals surface area contributed by atoms with Crippen LogP contribution in [-0.4, -0.2) is 30.6 Å². The predicted octanol–water partition coefficient (Wildman–Crippen LogP) is 2.72.